The van der Waals surface area contributed by atoms with Gasteiger partial charge in [-0.1, -0.05) is 17.7 Å². The van der Waals surface area contributed by atoms with Crippen molar-refractivity contribution in [3.05, 3.63) is 11.6 Å². The lowest BCUT2D eigenvalue weighted by Crippen LogP contribution is -2.23. The highest BCUT2D eigenvalue weighted by Crippen LogP contribution is 1.77. The molecule has 4 heteroatoms. The second kappa shape index (κ2) is 5.92. The topological polar surface area (TPSA) is 29.1 Å². The molecule has 0 spiro atoms. The van der Waals surface area contributed by atoms with Gasteiger partial charge in [0.1, 0.15) is 5.88 Å². The molecule has 0 aromatic carbocycles. The number of nitrogens with one attached hydrogen (secondary N) is 1. The Hall–Kier alpha value is -0.210. The number of hydrogen-bond donors (Lipinski definition) is 1. The van der Waals surface area contributed by atoms with Crippen LogP contribution in [0.1, 0.15) is 0 Å². The maximum absolute atomic E-state index is 10.4. The predicted octanol–water partition coefficient (Wildman–Crippen LogP) is 1.09. The minimum atomic E-state index is -0.188. The predicted molar refractivity (Wildman–Crippen MR) is 38.7 cm³/mol. The van der Waals surface area contributed by atoms with E-state index in [0.717, 1.165) is 0 Å². The normalized spacial score (nSPS) is 10.0. The van der Waals surface area contributed by atoms with Crippen LogP contribution in [-0.2, 0) is 4.79 Å². The summed E-state index contributed by atoms with van der Waals surface area (Å²) >= 11 is 10.3. The van der Waals surface area contributed by atoms with Crippen LogP contribution in [0.5, 0.6) is 0 Å². The molecule has 0 radical (unpaired) electrons. The van der Waals surface area contributed by atoms with E-state index in [4.69, 9.17) is 23.2 Å². The molecular formula is C5H7Cl2NO. The Balaban J connectivity index is 3.17. The summed E-state index contributed by atoms with van der Waals surface area (Å²) in [6, 6.07) is 0. The number of halogens is 2. The van der Waals surface area contributed by atoms with Gasteiger partial charge in [0.15, 0.2) is 0 Å². The van der Waals surface area contributed by atoms with Crippen LogP contribution in [-0.4, -0.2) is 18.3 Å². The van der Waals surface area contributed by atoms with Gasteiger partial charge in [-0.05, 0) is 0 Å². The van der Waals surface area contributed by atoms with Crippen molar-refractivity contribution < 1.29 is 4.79 Å². The van der Waals surface area contributed by atoms with Crippen LogP contribution in [0.3, 0.4) is 0 Å². The lowest BCUT2D eigenvalue weighted by Gasteiger charge is -1.94. The second-order valence-electron chi connectivity index (χ2n) is 1.30. The van der Waals surface area contributed by atoms with Crippen molar-refractivity contribution in [3.8, 4) is 0 Å². The summed E-state index contributed by atoms with van der Waals surface area (Å²) in [6.45, 7) is 0.440. The molecule has 0 aromatic heterocycles. The fourth-order valence-electron chi connectivity index (χ4n) is 0.265. The highest BCUT2D eigenvalue weighted by Gasteiger charge is 1.91. The number of carbonyl (C=O) groups is 1. The molecular weight excluding hydrogens is 161 g/mol. The van der Waals surface area contributed by atoms with Crippen LogP contribution in [0.25, 0.3) is 0 Å². The summed E-state index contributed by atoms with van der Waals surface area (Å²) in [4.78, 5) is 10.4. The van der Waals surface area contributed by atoms with E-state index in [1.54, 1.807) is 6.08 Å². The Morgan fingerprint density at radius 3 is 2.78 bits per heavy atom. The van der Waals surface area contributed by atoms with Crippen LogP contribution in [0.2, 0.25) is 0 Å². The summed E-state index contributed by atoms with van der Waals surface area (Å²) in [6.07, 6.45) is 1.62. The van der Waals surface area contributed by atoms with Crippen molar-refractivity contribution in [1.29, 1.82) is 0 Å². The third kappa shape index (κ3) is 5.66. The van der Waals surface area contributed by atoms with Crippen molar-refractivity contribution in [2.24, 2.45) is 0 Å². The molecule has 0 aliphatic rings. The first-order valence-corrected chi connectivity index (χ1v) is 3.36. The number of alkyl halides is 1. The maximum atomic E-state index is 10.4. The van der Waals surface area contributed by atoms with E-state index in [9.17, 15) is 4.79 Å². The molecule has 0 heterocycles. The fraction of sp³-hybridized carbons (Fsp3) is 0.400. The molecule has 0 aliphatic heterocycles. The maximum Gasteiger partial charge on any atom is 0.235 e. The molecule has 0 fully saturated rings. The van der Waals surface area contributed by atoms with Gasteiger partial charge in [-0.25, -0.2) is 0 Å². The average molecular weight is 168 g/mol. The van der Waals surface area contributed by atoms with Crippen LogP contribution >= 0.6 is 23.2 Å². The molecule has 52 valence electrons. The molecule has 0 rings (SSSR count). The molecule has 0 bridgehead atoms. The van der Waals surface area contributed by atoms with Crippen LogP contribution < -0.4 is 5.32 Å². The molecule has 0 saturated heterocycles. The minimum absolute atomic E-state index is 0.00384. The Labute approximate surface area is 63.8 Å². The van der Waals surface area contributed by atoms with Gasteiger partial charge in [0, 0.05) is 12.1 Å². The first-order chi connectivity index (χ1) is 4.31. The first-order valence-electron chi connectivity index (χ1n) is 2.39. The lowest BCUT2D eigenvalue weighted by atomic mass is 10.6. The second-order valence-corrected chi connectivity index (χ2v) is 1.82. The van der Waals surface area contributed by atoms with E-state index < -0.39 is 0 Å². The SMILES string of the molecule is O=C(CCl)NC/C=C/Cl. The third-order valence-electron chi connectivity index (χ3n) is 0.628. The monoisotopic (exact) mass is 167 g/mol. The van der Waals surface area contributed by atoms with Gasteiger partial charge in [-0.2, -0.15) is 0 Å². The van der Waals surface area contributed by atoms with E-state index in [0.29, 0.717) is 6.54 Å². The van der Waals surface area contributed by atoms with Gasteiger partial charge >= 0.3 is 0 Å². The van der Waals surface area contributed by atoms with E-state index in [1.165, 1.54) is 5.54 Å². The van der Waals surface area contributed by atoms with Gasteiger partial charge < -0.3 is 5.32 Å². The lowest BCUT2D eigenvalue weighted by molar-refractivity contribution is -0.118. The summed E-state index contributed by atoms with van der Waals surface area (Å²) in [5, 5.41) is 2.49. The van der Waals surface area contributed by atoms with E-state index in [1.807, 2.05) is 0 Å². The van der Waals surface area contributed by atoms with Crippen molar-refractivity contribution >= 4 is 29.1 Å². The summed E-state index contributed by atoms with van der Waals surface area (Å²) in [5.41, 5.74) is 1.34. The zero-order valence-electron chi connectivity index (χ0n) is 4.73. The van der Waals surface area contributed by atoms with E-state index in [-0.39, 0.29) is 11.8 Å². The zero-order chi connectivity index (χ0) is 7.11. The Kier molecular flexibility index (Phi) is 5.78. The van der Waals surface area contributed by atoms with Crippen molar-refractivity contribution in [2.75, 3.05) is 12.4 Å². The number of rotatable bonds is 3. The molecule has 0 unspecified atom stereocenters. The van der Waals surface area contributed by atoms with Crippen LogP contribution in [0.4, 0.5) is 0 Å². The number of amides is 1. The molecule has 1 N–H and O–H groups in total. The van der Waals surface area contributed by atoms with Crippen molar-refractivity contribution in [3.63, 3.8) is 0 Å². The Bertz CT molecular complexity index is 114. The van der Waals surface area contributed by atoms with Crippen molar-refractivity contribution in [2.45, 2.75) is 0 Å². The largest absolute Gasteiger partial charge is 0.352 e. The molecule has 0 atom stereocenters. The third-order valence-corrected chi connectivity index (χ3v) is 1.05. The molecule has 1 amide bonds. The fourth-order valence-corrected chi connectivity index (χ4v) is 0.448. The Morgan fingerprint density at radius 2 is 2.33 bits per heavy atom. The Morgan fingerprint density at radius 1 is 1.67 bits per heavy atom. The summed E-state index contributed by atoms with van der Waals surface area (Å²) in [7, 11) is 0. The number of hydrogen-bond acceptors (Lipinski definition) is 1. The quantitative estimate of drug-likeness (QED) is 0.628. The first kappa shape index (κ1) is 8.79. The smallest absolute Gasteiger partial charge is 0.235 e. The standard InChI is InChI=1S/C5H7Cl2NO/c6-2-1-3-8-5(9)4-7/h1-2H,3-4H2,(H,8,9)/b2-1+. The molecule has 0 aromatic rings. The van der Waals surface area contributed by atoms with Gasteiger partial charge in [0.2, 0.25) is 5.91 Å². The van der Waals surface area contributed by atoms with Crippen molar-refractivity contribution in [1.82, 2.24) is 5.32 Å². The highest BCUT2D eigenvalue weighted by molar-refractivity contribution is 6.27. The molecule has 2 nitrogen and oxygen atoms in total. The minimum Gasteiger partial charge on any atom is -0.352 e. The van der Waals surface area contributed by atoms with Gasteiger partial charge in [-0.15, -0.1) is 11.6 Å². The van der Waals surface area contributed by atoms with Gasteiger partial charge in [0.25, 0.3) is 0 Å². The highest BCUT2D eigenvalue weighted by atomic mass is 35.5. The van der Waals surface area contributed by atoms with Crippen LogP contribution in [0, 0.1) is 0 Å². The summed E-state index contributed by atoms with van der Waals surface area (Å²) < 4.78 is 0. The van der Waals surface area contributed by atoms with E-state index in [2.05, 4.69) is 5.32 Å². The number of carbonyl (C=O) groups excluding carboxylic acids is 1. The summed E-state index contributed by atoms with van der Waals surface area (Å²) in [5.74, 6) is -0.192. The average Bonchev–Trinajstić information content (AvgIpc) is 1.89. The van der Waals surface area contributed by atoms with Crippen LogP contribution in [0.15, 0.2) is 11.6 Å². The molecule has 0 saturated carbocycles. The van der Waals surface area contributed by atoms with Gasteiger partial charge in [0.05, 0.1) is 0 Å². The molecule has 0 aliphatic carbocycles. The zero-order valence-corrected chi connectivity index (χ0v) is 6.24. The molecule has 9 heavy (non-hydrogen) atoms. The van der Waals surface area contributed by atoms with Gasteiger partial charge in [-0.3, -0.25) is 4.79 Å². The van der Waals surface area contributed by atoms with E-state index >= 15 is 0 Å².